The molecule has 0 aromatic carbocycles. The largest absolute Gasteiger partial charge is 0.466 e. The van der Waals surface area contributed by atoms with Crippen molar-refractivity contribution in [2.45, 2.75) is 13.3 Å². The number of ether oxygens (including phenoxy) is 2. The predicted octanol–water partition coefficient (Wildman–Crippen LogP) is 1.73. The van der Waals surface area contributed by atoms with Gasteiger partial charge in [0.05, 0.1) is 37.6 Å². The van der Waals surface area contributed by atoms with Gasteiger partial charge >= 0.3 is 5.97 Å². The third kappa shape index (κ3) is 3.75. The molecule has 8 heteroatoms. The minimum atomic E-state index is -0.281. The highest BCUT2D eigenvalue weighted by Crippen LogP contribution is 2.24. The molecule has 0 atom stereocenters. The minimum absolute atomic E-state index is 0.136. The van der Waals surface area contributed by atoms with Crippen LogP contribution in [0.3, 0.4) is 0 Å². The lowest BCUT2D eigenvalue weighted by atomic mass is 10.2. The Bertz CT molecular complexity index is 935. The van der Waals surface area contributed by atoms with E-state index in [0.717, 1.165) is 30.2 Å². The number of carbonyl (C=O) groups is 1. The van der Waals surface area contributed by atoms with Gasteiger partial charge in [-0.1, -0.05) is 0 Å². The zero-order valence-electron chi connectivity index (χ0n) is 15.2. The molecule has 4 rings (SSSR count). The number of fused-ring (bicyclic) bond motifs is 1. The van der Waals surface area contributed by atoms with Gasteiger partial charge in [0.1, 0.15) is 5.82 Å². The van der Waals surface area contributed by atoms with Crippen molar-refractivity contribution in [1.29, 1.82) is 0 Å². The second kappa shape index (κ2) is 7.71. The Labute approximate surface area is 156 Å². The van der Waals surface area contributed by atoms with Gasteiger partial charge in [-0.25, -0.2) is 4.98 Å². The molecule has 1 aliphatic rings. The summed E-state index contributed by atoms with van der Waals surface area (Å²) >= 11 is 0. The van der Waals surface area contributed by atoms with E-state index in [1.165, 1.54) is 0 Å². The molecule has 0 unspecified atom stereocenters. The van der Waals surface area contributed by atoms with E-state index in [1.807, 2.05) is 28.8 Å². The molecular weight excluding hydrogens is 346 g/mol. The fourth-order valence-corrected chi connectivity index (χ4v) is 3.14. The lowest BCUT2D eigenvalue weighted by Gasteiger charge is -2.29. The molecule has 0 aliphatic carbocycles. The molecule has 1 aliphatic heterocycles. The minimum Gasteiger partial charge on any atom is -0.466 e. The molecule has 8 nitrogen and oxygen atoms in total. The summed E-state index contributed by atoms with van der Waals surface area (Å²) < 4.78 is 12.4. The van der Waals surface area contributed by atoms with Gasteiger partial charge in [-0.05, 0) is 19.1 Å². The second-order valence-electron chi connectivity index (χ2n) is 6.22. The Balaban J connectivity index is 1.78. The molecule has 0 spiro atoms. The number of carbonyl (C=O) groups excluding carboxylic acids is 1. The van der Waals surface area contributed by atoms with Crippen molar-refractivity contribution in [3.8, 4) is 11.3 Å². The molecule has 3 aromatic rings. The first-order chi connectivity index (χ1) is 13.2. The Morgan fingerprint density at radius 2 is 2.00 bits per heavy atom. The third-order valence-electron chi connectivity index (χ3n) is 4.40. The van der Waals surface area contributed by atoms with Gasteiger partial charge in [0.25, 0.3) is 0 Å². The maximum absolute atomic E-state index is 11.9. The van der Waals surface area contributed by atoms with Crippen molar-refractivity contribution in [2.75, 3.05) is 37.8 Å². The van der Waals surface area contributed by atoms with Crippen LogP contribution < -0.4 is 4.90 Å². The molecule has 140 valence electrons. The molecule has 1 fully saturated rings. The first-order valence-electron chi connectivity index (χ1n) is 9.03. The van der Waals surface area contributed by atoms with Crippen LogP contribution in [0.1, 0.15) is 12.6 Å². The number of hydrogen-bond acceptors (Lipinski definition) is 7. The molecule has 0 amide bonds. The number of anilines is 1. The van der Waals surface area contributed by atoms with Crippen LogP contribution in [-0.2, 0) is 20.7 Å². The highest BCUT2D eigenvalue weighted by molar-refractivity contribution is 5.73. The fraction of sp³-hybridized carbons (Fsp3) is 0.368. The van der Waals surface area contributed by atoms with E-state index in [1.54, 1.807) is 19.3 Å². The zero-order chi connectivity index (χ0) is 18.6. The smallest absolute Gasteiger partial charge is 0.311 e. The van der Waals surface area contributed by atoms with E-state index < -0.39 is 0 Å². The summed E-state index contributed by atoms with van der Waals surface area (Å²) in [6.45, 7) is 5.01. The van der Waals surface area contributed by atoms with Crippen LogP contribution in [0.2, 0.25) is 0 Å². The zero-order valence-corrected chi connectivity index (χ0v) is 15.2. The summed E-state index contributed by atoms with van der Waals surface area (Å²) in [7, 11) is 0. The van der Waals surface area contributed by atoms with Crippen molar-refractivity contribution in [3.05, 3.63) is 42.4 Å². The number of morpholine rings is 1. The van der Waals surface area contributed by atoms with Gasteiger partial charge in [0.2, 0.25) is 0 Å². The van der Waals surface area contributed by atoms with Crippen LogP contribution in [0.4, 0.5) is 5.82 Å². The van der Waals surface area contributed by atoms with E-state index >= 15 is 0 Å². The van der Waals surface area contributed by atoms with Crippen LogP contribution in [0.5, 0.6) is 0 Å². The normalized spacial score (nSPS) is 14.5. The van der Waals surface area contributed by atoms with Crippen molar-refractivity contribution < 1.29 is 14.3 Å². The summed E-state index contributed by atoms with van der Waals surface area (Å²) in [6.07, 6.45) is 3.61. The van der Waals surface area contributed by atoms with Crippen molar-refractivity contribution in [3.63, 3.8) is 0 Å². The molecule has 0 N–H and O–H groups in total. The van der Waals surface area contributed by atoms with Gasteiger partial charge in [-0.3, -0.25) is 9.78 Å². The van der Waals surface area contributed by atoms with Gasteiger partial charge in [0, 0.05) is 43.2 Å². The lowest BCUT2D eigenvalue weighted by molar-refractivity contribution is -0.142. The number of esters is 1. The maximum Gasteiger partial charge on any atom is 0.311 e. The van der Waals surface area contributed by atoms with E-state index in [4.69, 9.17) is 14.6 Å². The van der Waals surface area contributed by atoms with Gasteiger partial charge in [-0.2, -0.15) is 9.61 Å². The van der Waals surface area contributed by atoms with E-state index in [2.05, 4.69) is 14.9 Å². The molecule has 0 bridgehead atoms. The van der Waals surface area contributed by atoms with Gasteiger partial charge < -0.3 is 14.4 Å². The lowest BCUT2D eigenvalue weighted by Crippen LogP contribution is -2.37. The number of aromatic nitrogens is 4. The van der Waals surface area contributed by atoms with Crippen molar-refractivity contribution >= 4 is 17.4 Å². The van der Waals surface area contributed by atoms with E-state index in [9.17, 15) is 4.79 Å². The highest BCUT2D eigenvalue weighted by Gasteiger charge is 2.19. The van der Waals surface area contributed by atoms with Gasteiger partial charge in [0.15, 0.2) is 5.65 Å². The van der Waals surface area contributed by atoms with Crippen LogP contribution in [-0.4, -0.2) is 58.5 Å². The Morgan fingerprint density at radius 1 is 1.22 bits per heavy atom. The number of rotatable bonds is 5. The molecular formula is C19H21N5O3. The van der Waals surface area contributed by atoms with E-state index in [-0.39, 0.29) is 12.4 Å². The Morgan fingerprint density at radius 3 is 2.74 bits per heavy atom. The van der Waals surface area contributed by atoms with Crippen molar-refractivity contribution in [1.82, 2.24) is 19.6 Å². The average Bonchev–Trinajstić information content (AvgIpc) is 3.13. The molecule has 0 radical (unpaired) electrons. The average molecular weight is 367 g/mol. The summed E-state index contributed by atoms with van der Waals surface area (Å²) in [6, 6.07) is 7.66. The van der Waals surface area contributed by atoms with Crippen LogP contribution in [0, 0.1) is 0 Å². The summed E-state index contributed by atoms with van der Waals surface area (Å²) in [5.41, 5.74) is 3.15. The van der Waals surface area contributed by atoms with Crippen LogP contribution in [0.25, 0.3) is 16.9 Å². The third-order valence-corrected chi connectivity index (χ3v) is 4.40. The molecule has 1 saturated heterocycles. The molecule has 4 heterocycles. The molecule has 3 aromatic heterocycles. The summed E-state index contributed by atoms with van der Waals surface area (Å²) in [4.78, 5) is 22.8. The SMILES string of the molecule is CCOC(=O)Cc1cc(N2CCOCC2)n2nc(-c3ccncc3)cc2n1. The number of pyridine rings is 1. The Hall–Kier alpha value is -3.00. The maximum atomic E-state index is 11.9. The summed E-state index contributed by atoms with van der Waals surface area (Å²) in [5, 5.41) is 4.74. The quantitative estimate of drug-likeness (QED) is 0.635. The van der Waals surface area contributed by atoms with E-state index in [0.29, 0.717) is 31.2 Å². The molecule has 0 saturated carbocycles. The number of nitrogens with zero attached hydrogens (tertiary/aromatic N) is 5. The van der Waals surface area contributed by atoms with Crippen molar-refractivity contribution in [2.24, 2.45) is 0 Å². The number of hydrogen-bond donors (Lipinski definition) is 0. The second-order valence-corrected chi connectivity index (χ2v) is 6.22. The first-order valence-corrected chi connectivity index (χ1v) is 9.03. The fourth-order valence-electron chi connectivity index (χ4n) is 3.14. The monoisotopic (exact) mass is 367 g/mol. The predicted molar refractivity (Wildman–Crippen MR) is 99.6 cm³/mol. The summed E-state index contributed by atoms with van der Waals surface area (Å²) in [5.74, 6) is 0.624. The molecule has 27 heavy (non-hydrogen) atoms. The highest BCUT2D eigenvalue weighted by atomic mass is 16.5. The first kappa shape index (κ1) is 17.4. The standard InChI is InChI=1S/C19H21N5O3/c1-2-27-19(25)12-15-11-18(23-7-9-26-10-8-23)24-17(21-15)13-16(22-24)14-3-5-20-6-4-14/h3-6,11,13H,2,7-10,12H2,1H3. The van der Waals surface area contributed by atoms with Crippen LogP contribution >= 0.6 is 0 Å². The topological polar surface area (TPSA) is 81.8 Å². The van der Waals surface area contributed by atoms with Gasteiger partial charge in [-0.15, -0.1) is 0 Å². The van der Waals surface area contributed by atoms with Crippen LogP contribution in [0.15, 0.2) is 36.7 Å². The Kier molecular flexibility index (Phi) is 4.97.